The number of pyridine rings is 2. The third kappa shape index (κ3) is 3.91. The molecule has 3 rings (SSSR count). The zero-order chi connectivity index (χ0) is 21.1. The molecule has 0 aliphatic heterocycles. The summed E-state index contributed by atoms with van der Waals surface area (Å²) in [6.07, 6.45) is 2.73. The second-order valence-corrected chi connectivity index (χ2v) is 6.78. The van der Waals surface area contributed by atoms with Gasteiger partial charge < -0.3 is 20.3 Å². The fourth-order valence-corrected chi connectivity index (χ4v) is 3.21. The number of anilines is 1. The van der Waals surface area contributed by atoms with Gasteiger partial charge in [0.15, 0.2) is 5.75 Å². The number of carbonyl (C=O) groups is 1. The molecule has 0 unspecified atom stereocenters. The molecular weight excluding hydrogens is 375 g/mol. The molecule has 0 saturated carbocycles. The summed E-state index contributed by atoms with van der Waals surface area (Å²) < 4.78 is 14.8. The van der Waals surface area contributed by atoms with Crippen LogP contribution in [0.2, 0.25) is 0 Å². The van der Waals surface area contributed by atoms with E-state index in [-0.39, 0.29) is 16.9 Å². The van der Waals surface area contributed by atoms with E-state index in [0.717, 1.165) is 11.1 Å². The molecule has 0 spiro atoms. The van der Waals surface area contributed by atoms with Crippen molar-refractivity contribution in [2.24, 2.45) is 7.05 Å². The summed E-state index contributed by atoms with van der Waals surface area (Å²) in [6.45, 7) is 2.29. The highest BCUT2D eigenvalue weighted by Gasteiger charge is 2.22. The van der Waals surface area contributed by atoms with Gasteiger partial charge in [-0.1, -0.05) is 13.0 Å². The van der Waals surface area contributed by atoms with Crippen LogP contribution in [-0.4, -0.2) is 34.2 Å². The van der Waals surface area contributed by atoms with E-state index in [1.165, 1.54) is 23.7 Å². The molecular formula is C21H23FN4O3. The molecule has 0 fully saturated rings. The van der Waals surface area contributed by atoms with E-state index in [1.807, 2.05) is 6.92 Å². The molecule has 0 bridgehead atoms. The van der Waals surface area contributed by atoms with Crippen LogP contribution in [0.1, 0.15) is 34.8 Å². The summed E-state index contributed by atoms with van der Waals surface area (Å²) in [7, 11) is 3.24. The molecule has 2 aromatic heterocycles. The van der Waals surface area contributed by atoms with Crippen LogP contribution in [0.25, 0.3) is 11.0 Å². The Labute approximate surface area is 167 Å². The van der Waals surface area contributed by atoms with E-state index < -0.39 is 17.2 Å². The van der Waals surface area contributed by atoms with Gasteiger partial charge in [-0.2, -0.15) is 0 Å². The molecule has 1 amide bonds. The molecule has 0 saturated heterocycles. The van der Waals surface area contributed by atoms with Crippen LogP contribution in [0.3, 0.4) is 0 Å². The first kappa shape index (κ1) is 20.3. The highest BCUT2D eigenvalue weighted by Crippen LogP contribution is 2.26. The number of benzene rings is 1. The maximum absolute atomic E-state index is 13.5. The molecule has 0 aliphatic rings. The number of fused-ring (bicyclic) bond motifs is 1. The summed E-state index contributed by atoms with van der Waals surface area (Å²) in [5.74, 6) is -1.39. The number of nitrogens with zero attached hydrogens (tertiary/aromatic N) is 2. The number of amides is 1. The number of carbonyl (C=O) groups excluding carboxylic acids is 1. The van der Waals surface area contributed by atoms with Crippen LogP contribution in [0.5, 0.6) is 5.75 Å². The first-order valence-corrected chi connectivity index (χ1v) is 9.32. The molecule has 2 heterocycles. The molecule has 0 aliphatic carbocycles. The van der Waals surface area contributed by atoms with Crippen molar-refractivity contribution >= 4 is 22.6 Å². The van der Waals surface area contributed by atoms with Gasteiger partial charge in [0, 0.05) is 38.9 Å². The summed E-state index contributed by atoms with van der Waals surface area (Å²) in [5, 5.41) is 16.1. The average Bonchev–Trinajstić information content (AvgIpc) is 2.71. The van der Waals surface area contributed by atoms with Crippen molar-refractivity contribution in [1.82, 2.24) is 14.9 Å². The lowest BCUT2D eigenvalue weighted by Crippen LogP contribution is -2.33. The van der Waals surface area contributed by atoms with Gasteiger partial charge in [0.1, 0.15) is 16.9 Å². The largest absolute Gasteiger partial charge is 0.505 e. The predicted octanol–water partition coefficient (Wildman–Crippen LogP) is 2.55. The third-order valence-electron chi connectivity index (χ3n) is 4.76. The Morgan fingerprint density at radius 2 is 2.07 bits per heavy atom. The highest BCUT2D eigenvalue weighted by atomic mass is 19.1. The second-order valence-electron chi connectivity index (χ2n) is 6.78. The van der Waals surface area contributed by atoms with Crippen LogP contribution in [0.15, 0.2) is 35.3 Å². The Kier molecular flexibility index (Phi) is 5.81. The van der Waals surface area contributed by atoms with Crippen molar-refractivity contribution in [2.45, 2.75) is 19.8 Å². The van der Waals surface area contributed by atoms with Crippen LogP contribution in [0.4, 0.5) is 10.1 Å². The zero-order valence-corrected chi connectivity index (χ0v) is 16.5. The summed E-state index contributed by atoms with van der Waals surface area (Å²) in [6, 6.07) is 6.21. The first-order valence-electron chi connectivity index (χ1n) is 9.32. The molecule has 3 aromatic rings. The Morgan fingerprint density at radius 3 is 2.76 bits per heavy atom. The standard InChI is InChI=1S/C21H23FN4O3/c1-4-7-24-20(28)17-19(27)18-16(26(3)21(17)29)9-12(11-25-18)8-13-5-6-14(22)10-15(13)23-2/h5-6,9-11,23,27H,4,7-8H2,1-3H3,(H,24,28). The van der Waals surface area contributed by atoms with Crippen molar-refractivity contribution in [1.29, 1.82) is 0 Å². The van der Waals surface area contributed by atoms with E-state index in [1.54, 1.807) is 25.4 Å². The number of hydrogen-bond donors (Lipinski definition) is 3. The van der Waals surface area contributed by atoms with E-state index in [4.69, 9.17) is 0 Å². The molecule has 29 heavy (non-hydrogen) atoms. The third-order valence-corrected chi connectivity index (χ3v) is 4.76. The van der Waals surface area contributed by atoms with Crippen molar-refractivity contribution in [3.63, 3.8) is 0 Å². The van der Waals surface area contributed by atoms with Gasteiger partial charge in [-0.05, 0) is 35.7 Å². The topological polar surface area (TPSA) is 96.2 Å². The minimum Gasteiger partial charge on any atom is -0.505 e. The van der Waals surface area contributed by atoms with Crippen LogP contribution in [0, 0.1) is 5.82 Å². The maximum Gasteiger partial charge on any atom is 0.267 e. The van der Waals surface area contributed by atoms with Crippen LogP contribution in [-0.2, 0) is 13.5 Å². The Hall–Kier alpha value is -3.42. The Balaban J connectivity index is 2.06. The molecule has 152 valence electrons. The highest BCUT2D eigenvalue weighted by molar-refractivity contribution is 6.01. The molecule has 8 heteroatoms. The number of nitrogens with one attached hydrogen (secondary N) is 2. The smallest absolute Gasteiger partial charge is 0.267 e. The lowest BCUT2D eigenvalue weighted by atomic mass is 10.0. The number of aromatic hydroxyl groups is 1. The average molecular weight is 398 g/mol. The number of aromatic nitrogens is 2. The summed E-state index contributed by atoms with van der Waals surface area (Å²) >= 11 is 0. The van der Waals surface area contributed by atoms with Crippen LogP contribution < -0.4 is 16.2 Å². The van der Waals surface area contributed by atoms with Gasteiger partial charge in [0.05, 0.1) is 5.52 Å². The Bertz CT molecular complexity index is 1140. The van der Waals surface area contributed by atoms with E-state index >= 15 is 0 Å². The SMILES string of the molecule is CCCNC(=O)c1c(O)c2ncc(Cc3ccc(F)cc3NC)cc2n(C)c1=O. The quantitative estimate of drug-likeness (QED) is 0.593. The van der Waals surface area contributed by atoms with E-state index in [0.29, 0.717) is 30.6 Å². The predicted molar refractivity (Wildman–Crippen MR) is 110 cm³/mol. The molecule has 0 atom stereocenters. The zero-order valence-electron chi connectivity index (χ0n) is 16.5. The minimum absolute atomic E-state index is 0.172. The van der Waals surface area contributed by atoms with Gasteiger partial charge in [0.25, 0.3) is 11.5 Å². The molecule has 3 N–H and O–H groups in total. The molecule has 1 aromatic carbocycles. The van der Waals surface area contributed by atoms with Gasteiger partial charge in [-0.15, -0.1) is 0 Å². The van der Waals surface area contributed by atoms with E-state index in [9.17, 15) is 19.1 Å². The normalized spacial score (nSPS) is 10.9. The van der Waals surface area contributed by atoms with Crippen molar-refractivity contribution in [3.8, 4) is 5.75 Å². The number of rotatable bonds is 6. The molecule has 0 radical (unpaired) electrons. The van der Waals surface area contributed by atoms with Gasteiger partial charge in [0.2, 0.25) is 0 Å². The fourth-order valence-electron chi connectivity index (χ4n) is 3.21. The number of hydrogen-bond acceptors (Lipinski definition) is 5. The monoisotopic (exact) mass is 398 g/mol. The van der Waals surface area contributed by atoms with Crippen LogP contribution >= 0.6 is 0 Å². The first-order chi connectivity index (χ1) is 13.9. The van der Waals surface area contributed by atoms with Gasteiger partial charge in [-0.25, -0.2) is 4.39 Å². The van der Waals surface area contributed by atoms with Crippen molar-refractivity contribution in [2.75, 3.05) is 18.9 Å². The Morgan fingerprint density at radius 1 is 1.31 bits per heavy atom. The lowest BCUT2D eigenvalue weighted by Gasteiger charge is -2.13. The summed E-state index contributed by atoms with van der Waals surface area (Å²) in [4.78, 5) is 29.3. The lowest BCUT2D eigenvalue weighted by molar-refractivity contribution is 0.0949. The molecule has 7 nitrogen and oxygen atoms in total. The second kappa shape index (κ2) is 8.30. The minimum atomic E-state index is -0.622. The number of aryl methyl sites for hydroxylation is 1. The van der Waals surface area contributed by atoms with Crippen molar-refractivity contribution in [3.05, 3.63) is 63.3 Å². The van der Waals surface area contributed by atoms with E-state index in [2.05, 4.69) is 15.6 Å². The van der Waals surface area contributed by atoms with Gasteiger partial charge in [-0.3, -0.25) is 14.6 Å². The number of halogens is 1. The fraction of sp³-hybridized carbons (Fsp3) is 0.286. The van der Waals surface area contributed by atoms with Crippen molar-refractivity contribution < 1.29 is 14.3 Å². The maximum atomic E-state index is 13.5. The van der Waals surface area contributed by atoms with Gasteiger partial charge >= 0.3 is 0 Å². The summed E-state index contributed by atoms with van der Waals surface area (Å²) in [5.41, 5.74) is 1.96.